The standard InChI is InChI=1S/C7H6BrIO/c1-4-2-6(9)7(10)3-5(4)8/h2-3,10H,1H3. The van der Waals surface area contributed by atoms with Crippen molar-refractivity contribution in [2.45, 2.75) is 6.92 Å². The summed E-state index contributed by atoms with van der Waals surface area (Å²) in [5.74, 6) is 0.332. The van der Waals surface area contributed by atoms with E-state index in [9.17, 15) is 5.11 Å². The minimum Gasteiger partial charge on any atom is -0.507 e. The molecule has 0 aliphatic heterocycles. The second-order valence-electron chi connectivity index (χ2n) is 2.05. The van der Waals surface area contributed by atoms with Crippen molar-refractivity contribution in [2.75, 3.05) is 0 Å². The molecule has 0 saturated heterocycles. The summed E-state index contributed by atoms with van der Waals surface area (Å²) in [5.41, 5.74) is 1.14. The van der Waals surface area contributed by atoms with Gasteiger partial charge in [-0.15, -0.1) is 0 Å². The van der Waals surface area contributed by atoms with Gasteiger partial charge in [0.1, 0.15) is 5.75 Å². The molecular formula is C7H6BrIO. The fraction of sp³-hybridized carbons (Fsp3) is 0.143. The Labute approximate surface area is 81.7 Å². The molecule has 1 N–H and O–H groups in total. The molecule has 0 unspecified atom stereocenters. The van der Waals surface area contributed by atoms with Gasteiger partial charge in [0.25, 0.3) is 0 Å². The zero-order chi connectivity index (χ0) is 7.72. The summed E-state index contributed by atoms with van der Waals surface area (Å²) in [6.07, 6.45) is 0. The van der Waals surface area contributed by atoms with E-state index in [4.69, 9.17) is 0 Å². The monoisotopic (exact) mass is 312 g/mol. The third-order valence-electron chi connectivity index (χ3n) is 1.23. The van der Waals surface area contributed by atoms with Crippen LogP contribution in [0.15, 0.2) is 16.6 Å². The Balaban J connectivity index is 3.28. The predicted molar refractivity (Wildman–Crippen MR) is 53.3 cm³/mol. The van der Waals surface area contributed by atoms with Crippen LogP contribution in [0.2, 0.25) is 0 Å². The normalized spacial score (nSPS) is 9.90. The Morgan fingerprint density at radius 3 is 2.60 bits per heavy atom. The Hall–Kier alpha value is 0.230. The van der Waals surface area contributed by atoms with Crippen LogP contribution in [0.5, 0.6) is 5.75 Å². The number of hydrogen-bond acceptors (Lipinski definition) is 1. The lowest BCUT2D eigenvalue weighted by atomic mass is 10.2. The van der Waals surface area contributed by atoms with Crippen LogP contribution in [0.4, 0.5) is 0 Å². The molecule has 3 heteroatoms. The molecule has 0 atom stereocenters. The van der Waals surface area contributed by atoms with E-state index in [2.05, 4.69) is 38.5 Å². The first-order valence-corrected chi connectivity index (χ1v) is 4.63. The van der Waals surface area contributed by atoms with E-state index in [1.807, 2.05) is 13.0 Å². The van der Waals surface area contributed by atoms with Gasteiger partial charge < -0.3 is 5.11 Å². The van der Waals surface area contributed by atoms with Crippen LogP contribution in [0.1, 0.15) is 5.56 Å². The van der Waals surface area contributed by atoms with Crippen LogP contribution in [0.25, 0.3) is 0 Å². The first-order chi connectivity index (χ1) is 4.61. The number of rotatable bonds is 0. The molecule has 0 bridgehead atoms. The minimum absolute atomic E-state index is 0.332. The van der Waals surface area contributed by atoms with Crippen LogP contribution in [0.3, 0.4) is 0 Å². The highest BCUT2D eigenvalue weighted by Gasteiger charge is 2.00. The van der Waals surface area contributed by atoms with Gasteiger partial charge in [-0.25, -0.2) is 0 Å². The fourth-order valence-electron chi connectivity index (χ4n) is 0.636. The van der Waals surface area contributed by atoms with Gasteiger partial charge in [0.15, 0.2) is 0 Å². The SMILES string of the molecule is Cc1cc(I)c(O)cc1Br. The van der Waals surface area contributed by atoms with Gasteiger partial charge in [0.2, 0.25) is 0 Å². The zero-order valence-electron chi connectivity index (χ0n) is 5.36. The maximum Gasteiger partial charge on any atom is 0.130 e. The highest BCUT2D eigenvalue weighted by atomic mass is 127. The summed E-state index contributed by atoms with van der Waals surface area (Å²) in [6.45, 7) is 1.99. The summed E-state index contributed by atoms with van der Waals surface area (Å²) < 4.78 is 1.84. The van der Waals surface area contributed by atoms with Crippen LogP contribution in [-0.4, -0.2) is 5.11 Å². The zero-order valence-corrected chi connectivity index (χ0v) is 9.10. The van der Waals surface area contributed by atoms with E-state index in [0.717, 1.165) is 13.6 Å². The number of halogens is 2. The minimum atomic E-state index is 0.332. The summed E-state index contributed by atoms with van der Waals surface area (Å²) in [6, 6.07) is 3.64. The van der Waals surface area contributed by atoms with Crippen LogP contribution >= 0.6 is 38.5 Å². The molecule has 0 amide bonds. The molecule has 0 heterocycles. The molecular weight excluding hydrogens is 307 g/mol. The second kappa shape index (κ2) is 3.09. The summed E-state index contributed by atoms with van der Waals surface area (Å²) in [4.78, 5) is 0. The Bertz CT molecular complexity index is 210. The summed E-state index contributed by atoms with van der Waals surface area (Å²) in [5, 5.41) is 9.19. The maximum absolute atomic E-state index is 9.19. The Morgan fingerprint density at radius 1 is 1.50 bits per heavy atom. The first kappa shape index (κ1) is 8.33. The molecule has 0 aliphatic carbocycles. The molecule has 0 aliphatic rings. The lowest BCUT2D eigenvalue weighted by Gasteiger charge is -2.00. The fourth-order valence-corrected chi connectivity index (χ4v) is 1.59. The van der Waals surface area contributed by atoms with Gasteiger partial charge in [0, 0.05) is 4.47 Å². The van der Waals surface area contributed by atoms with Crippen molar-refractivity contribution < 1.29 is 5.11 Å². The second-order valence-corrected chi connectivity index (χ2v) is 4.07. The maximum atomic E-state index is 9.19. The molecule has 1 rings (SSSR count). The van der Waals surface area contributed by atoms with Crippen molar-refractivity contribution in [1.29, 1.82) is 0 Å². The quantitative estimate of drug-likeness (QED) is 0.730. The molecule has 0 spiro atoms. The van der Waals surface area contributed by atoms with Gasteiger partial charge in [-0.3, -0.25) is 0 Å². The number of phenols is 1. The smallest absolute Gasteiger partial charge is 0.130 e. The number of phenolic OH excluding ortho intramolecular Hbond substituents is 1. The van der Waals surface area contributed by atoms with Crippen LogP contribution in [-0.2, 0) is 0 Å². The van der Waals surface area contributed by atoms with E-state index in [0.29, 0.717) is 5.75 Å². The van der Waals surface area contributed by atoms with Crippen LogP contribution in [0, 0.1) is 10.5 Å². The molecule has 0 saturated carbocycles. The topological polar surface area (TPSA) is 20.2 Å². The number of aromatic hydroxyl groups is 1. The average Bonchev–Trinajstić information content (AvgIpc) is 1.84. The van der Waals surface area contributed by atoms with E-state index >= 15 is 0 Å². The molecule has 0 aromatic heterocycles. The average molecular weight is 313 g/mol. The van der Waals surface area contributed by atoms with Gasteiger partial charge >= 0.3 is 0 Å². The van der Waals surface area contributed by atoms with E-state index < -0.39 is 0 Å². The third-order valence-corrected chi connectivity index (χ3v) is 2.95. The highest BCUT2D eigenvalue weighted by molar-refractivity contribution is 14.1. The molecule has 1 nitrogen and oxygen atoms in total. The van der Waals surface area contributed by atoms with Gasteiger partial charge in [-0.05, 0) is 47.2 Å². The van der Waals surface area contributed by atoms with Crippen LogP contribution < -0.4 is 0 Å². The predicted octanol–water partition coefficient (Wildman–Crippen LogP) is 3.07. The van der Waals surface area contributed by atoms with Crippen molar-refractivity contribution in [2.24, 2.45) is 0 Å². The lowest BCUT2D eigenvalue weighted by Crippen LogP contribution is -1.78. The van der Waals surface area contributed by atoms with E-state index in [1.165, 1.54) is 0 Å². The van der Waals surface area contributed by atoms with Gasteiger partial charge in [-0.1, -0.05) is 15.9 Å². The van der Waals surface area contributed by atoms with Gasteiger partial charge in [0.05, 0.1) is 3.57 Å². The largest absolute Gasteiger partial charge is 0.507 e. The van der Waals surface area contributed by atoms with Crippen molar-refractivity contribution in [3.05, 3.63) is 25.7 Å². The molecule has 10 heavy (non-hydrogen) atoms. The molecule has 1 aromatic carbocycles. The Morgan fingerprint density at radius 2 is 2.10 bits per heavy atom. The number of aryl methyl sites for hydroxylation is 1. The van der Waals surface area contributed by atoms with E-state index in [1.54, 1.807) is 6.07 Å². The molecule has 54 valence electrons. The lowest BCUT2D eigenvalue weighted by molar-refractivity contribution is 0.471. The molecule has 0 fully saturated rings. The van der Waals surface area contributed by atoms with Gasteiger partial charge in [-0.2, -0.15) is 0 Å². The summed E-state index contributed by atoms with van der Waals surface area (Å²) >= 11 is 5.41. The van der Waals surface area contributed by atoms with Crippen molar-refractivity contribution in [1.82, 2.24) is 0 Å². The summed E-state index contributed by atoms with van der Waals surface area (Å²) in [7, 11) is 0. The van der Waals surface area contributed by atoms with Crippen molar-refractivity contribution in [3.8, 4) is 5.75 Å². The third kappa shape index (κ3) is 1.63. The molecule has 0 radical (unpaired) electrons. The van der Waals surface area contributed by atoms with Crippen molar-refractivity contribution >= 4 is 38.5 Å². The Kier molecular flexibility index (Phi) is 2.57. The highest BCUT2D eigenvalue weighted by Crippen LogP contribution is 2.26. The van der Waals surface area contributed by atoms with Crippen molar-refractivity contribution in [3.63, 3.8) is 0 Å². The first-order valence-electron chi connectivity index (χ1n) is 2.76. The number of hydrogen-bond donors (Lipinski definition) is 1. The van der Waals surface area contributed by atoms with E-state index in [-0.39, 0.29) is 0 Å². The molecule has 1 aromatic rings. The number of benzene rings is 1.